The van der Waals surface area contributed by atoms with Crippen LogP contribution in [0.5, 0.6) is 0 Å². The van der Waals surface area contributed by atoms with Crippen LogP contribution >= 0.6 is 0 Å². The first-order valence-corrected chi connectivity index (χ1v) is 6.45. The van der Waals surface area contributed by atoms with E-state index in [4.69, 9.17) is 5.73 Å². The number of pyridine rings is 1. The molecule has 1 aromatic rings. The number of nitrogen functional groups attached to an aromatic ring is 1. The van der Waals surface area contributed by atoms with Crippen LogP contribution in [0.2, 0.25) is 0 Å². The number of hydrogen-bond donors (Lipinski definition) is 1. The van der Waals surface area contributed by atoms with E-state index in [1.807, 2.05) is 12.1 Å². The molecular formula is C13H22N4. The van der Waals surface area contributed by atoms with Gasteiger partial charge < -0.3 is 10.6 Å². The molecule has 1 fully saturated rings. The van der Waals surface area contributed by atoms with Crippen LogP contribution in [0.4, 0.5) is 11.5 Å². The number of aromatic nitrogens is 1. The molecule has 1 aliphatic heterocycles. The minimum Gasteiger partial charge on any atom is -0.399 e. The highest BCUT2D eigenvalue weighted by molar-refractivity contribution is 5.50. The van der Waals surface area contributed by atoms with Crippen molar-refractivity contribution in [3.8, 4) is 0 Å². The van der Waals surface area contributed by atoms with Crippen LogP contribution in [0, 0.1) is 0 Å². The molecule has 0 saturated carbocycles. The maximum Gasteiger partial charge on any atom is 0.130 e. The average Bonchev–Trinajstić information content (AvgIpc) is 2.80. The first kappa shape index (κ1) is 12.2. The van der Waals surface area contributed by atoms with Gasteiger partial charge in [-0.15, -0.1) is 0 Å². The van der Waals surface area contributed by atoms with Crippen LogP contribution in [0.15, 0.2) is 18.3 Å². The van der Waals surface area contributed by atoms with Crippen molar-refractivity contribution in [1.29, 1.82) is 0 Å². The molecule has 2 rings (SSSR count). The molecule has 0 radical (unpaired) electrons. The van der Waals surface area contributed by atoms with E-state index >= 15 is 0 Å². The Morgan fingerprint density at radius 1 is 1.47 bits per heavy atom. The molecule has 0 aromatic carbocycles. The maximum absolute atomic E-state index is 5.80. The van der Waals surface area contributed by atoms with Crippen molar-refractivity contribution in [2.45, 2.75) is 26.3 Å². The van der Waals surface area contributed by atoms with E-state index in [1.165, 1.54) is 6.42 Å². The molecular weight excluding hydrogens is 212 g/mol. The fraction of sp³-hybridized carbons (Fsp3) is 0.615. The summed E-state index contributed by atoms with van der Waals surface area (Å²) in [6.07, 6.45) is 3.01. The van der Waals surface area contributed by atoms with Crippen molar-refractivity contribution in [3.63, 3.8) is 0 Å². The zero-order valence-electron chi connectivity index (χ0n) is 10.8. The number of nitrogens with two attached hydrogens (primary N) is 1. The summed E-state index contributed by atoms with van der Waals surface area (Å²) in [5.74, 6) is 1.01. The molecule has 2 N–H and O–H groups in total. The van der Waals surface area contributed by atoms with E-state index in [-0.39, 0.29) is 0 Å². The molecule has 17 heavy (non-hydrogen) atoms. The van der Waals surface area contributed by atoms with E-state index in [0.29, 0.717) is 6.04 Å². The lowest BCUT2D eigenvalue weighted by Crippen LogP contribution is -2.37. The molecule has 0 amide bonds. The fourth-order valence-electron chi connectivity index (χ4n) is 2.60. The highest BCUT2D eigenvalue weighted by Crippen LogP contribution is 2.22. The van der Waals surface area contributed by atoms with Gasteiger partial charge in [-0.1, -0.05) is 13.8 Å². The van der Waals surface area contributed by atoms with Gasteiger partial charge >= 0.3 is 0 Å². The number of likely N-dealkylation sites (N-methyl/N-ethyl adjacent to an activating group) is 1. The summed E-state index contributed by atoms with van der Waals surface area (Å²) in [6.45, 7) is 8.85. The topological polar surface area (TPSA) is 45.4 Å². The van der Waals surface area contributed by atoms with Gasteiger partial charge in [-0.05, 0) is 25.6 Å². The van der Waals surface area contributed by atoms with Crippen LogP contribution in [-0.2, 0) is 0 Å². The normalized spacial score (nSPS) is 20.2. The second-order valence-corrected chi connectivity index (χ2v) is 4.56. The Balaban J connectivity index is 2.02. The van der Waals surface area contributed by atoms with Gasteiger partial charge in [0, 0.05) is 37.1 Å². The minimum atomic E-state index is 0.660. The summed E-state index contributed by atoms with van der Waals surface area (Å²) in [7, 11) is 0. The third-order valence-corrected chi connectivity index (χ3v) is 3.59. The molecule has 0 aliphatic carbocycles. The van der Waals surface area contributed by atoms with Crippen molar-refractivity contribution in [1.82, 2.24) is 9.88 Å². The van der Waals surface area contributed by atoms with E-state index in [0.717, 1.165) is 37.7 Å². The van der Waals surface area contributed by atoms with E-state index in [2.05, 4.69) is 28.6 Å². The molecule has 1 unspecified atom stereocenters. The Kier molecular flexibility index (Phi) is 3.84. The smallest absolute Gasteiger partial charge is 0.130 e. The quantitative estimate of drug-likeness (QED) is 0.859. The molecule has 4 heteroatoms. The molecule has 4 nitrogen and oxygen atoms in total. The van der Waals surface area contributed by atoms with Crippen molar-refractivity contribution in [3.05, 3.63) is 18.3 Å². The third-order valence-electron chi connectivity index (χ3n) is 3.59. The largest absolute Gasteiger partial charge is 0.399 e. The van der Waals surface area contributed by atoms with Crippen molar-refractivity contribution in [2.24, 2.45) is 0 Å². The Labute approximate surface area is 103 Å². The average molecular weight is 234 g/mol. The molecule has 94 valence electrons. The predicted molar refractivity (Wildman–Crippen MR) is 72.2 cm³/mol. The van der Waals surface area contributed by atoms with Gasteiger partial charge in [-0.25, -0.2) is 4.98 Å². The molecule has 0 spiro atoms. The first-order valence-electron chi connectivity index (χ1n) is 6.45. The van der Waals surface area contributed by atoms with Crippen LogP contribution in [0.3, 0.4) is 0 Å². The lowest BCUT2D eigenvalue weighted by atomic mass is 10.2. The maximum atomic E-state index is 5.80. The highest BCUT2D eigenvalue weighted by Gasteiger charge is 2.26. The van der Waals surface area contributed by atoms with E-state index in [1.54, 1.807) is 6.20 Å². The lowest BCUT2D eigenvalue weighted by Gasteiger charge is -2.26. The van der Waals surface area contributed by atoms with Gasteiger partial charge in [0.2, 0.25) is 0 Å². The number of hydrogen-bond acceptors (Lipinski definition) is 4. The summed E-state index contributed by atoms with van der Waals surface area (Å²) in [4.78, 5) is 9.25. The Morgan fingerprint density at radius 2 is 2.24 bits per heavy atom. The summed E-state index contributed by atoms with van der Waals surface area (Å²) in [6, 6.07) is 4.46. The fourth-order valence-corrected chi connectivity index (χ4v) is 2.60. The molecule has 1 saturated heterocycles. The molecule has 0 bridgehead atoms. The van der Waals surface area contributed by atoms with Gasteiger partial charge in [0.15, 0.2) is 0 Å². The van der Waals surface area contributed by atoms with Crippen LogP contribution < -0.4 is 10.6 Å². The van der Waals surface area contributed by atoms with E-state index < -0.39 is 0 Å². The molecule has 1 atom stereocenters. The predicted octanol–water partition coefficient (Wildman–Crippen LogP) is 1.58. The highest BCUT2D eigenvalue weighted by atomic mass is 15.3. The summed E-state index contributed by atoms with van der Waals surface area (Å²) in [5, 5.41) is 0. The molecule has 2 heterocycles. The summed E-state index contributed by atoms with van der Waals surface area (Å²) < 4.78 is 0. The Hall–Kier alpha value is -1.29. The summed E-state index contributed by atoms with van der Waals surface area (Å²) in [5.41, 5.74) is 6.59. The molecule has 1 aromatic heterocycles. The monoisotopic (exact) mass is 234 g/mol. The van der Waals surface area contributed by atoms with Crippen LogP contribution in [-0.4, -0.2) is 42.1 Å². The standard InChI is InChI=1S/C13H22N4/c1-3-16(4-2)12-6-8-17(10-12)13-9-11(14)5-7-15-13/h5,7,9,12H,3-4,6,8,10H2,1-2H3,(H2,14,15). The first-order chi connectivity index (χ1) is 8.24. The van der Waals surface area contributed by atoms with Gasteiger partial charge in [0.05, 0.1) is 0 Å². The molecule has 1 aliphatic rings. The Bertz CT molecular complexity index is 362. The van der Waals surface area contributed by atoms with Crippen LogP contribution in [0.1, 0.15) is 20.3 Å². The Morgan fingerprint density at radius 3 is 2.88 bits per heavy atom. The SMILES string of the molecule is CCN(CC)C1CCN(c2cc(N)ccn2)C1. The van der Waals surface area contributed by atoms with E-state index in [9.17, 15) is 0 Å². The summed E-state index contributed by atoms with van der Waals surface area (Å²) >= 11 is 0. The number of anilines is 2. The zero-order valence-corrected chi connectivity index (χ0v) is 10.8. The van der Waals surface area contributed by atoms with Crippen molar-refractivity contribution >= 4 is 11.5 Å². The van der Waals surface area contributed by atoms with Gasteiger partial charge in [0.1, 0.15) is 5.82 Å². The second kappa shape index (κ2) is 5.36. The zero-order chi connectivity index (χ0) is 12.3. The second-order valence-electron chi connectivity index (χ2n) is 4.56. The third kappa shape index (κ3) is 2.69. The lowest BCUT2D eigenvalue weighted by molar-refractivity contribution is 0.232. The van der Waals surface area contributed by atoms with Gasteiger partial charge in [0.25, 0.3) is 0 Å². The number of nitrogens with zero attached hydrogens (tertiary/aromatic N) is 3. The van der Waals surface area contributed by atoms with Gasteiger partial charge in [-0.2, -0.15) is 0 Å². The number of rotatable bonds is 4. The van der Waals surface area contributed by atoms with Crippen LogP contribution in [0.25, 0.3) is 0 Å². The van der Waals surface area contributed by atoms with Crippen molar-refractivity contribution in [2.75, 3.05) is 36.8 Å². The minimum absolute atomic E-state index is 0.660. The van der Waals surface area contributed by atoms with Crippen molar-refractivity contribution < 1.29 is 0 Å². The van der Waals surface area contributed by atoms with Gasteiger partial charge in [-0.3, -0.25) is 4.90 Å².